The molecule has 0 nitrogen and oxygen atoms in total. The molecule has 0 radical (unpaired) electrons. The van der Waals surface area contributed by atoms with Crippen molar-refractivity contribution in [3.8, 4) is 0 Å². The van der Waals surface area contributed by atoms with Crippen LogP contribution in [-0.4, -0.2) is 4.21 Å². The minimum atomic E-state index is 0.180. The Morgan fingerprint density at radius 1 is 0.638 bits per heavy atom. The van der Waals surface area contributed by atoms with Crippen LogP contribution in [0.4, 0.5) is 0 Å². The Labute approximate surface area is 303 Å². The number of fused-ring (bicyclic) bond motifs is 4. The van der Waals surface area contributed by atoms with E-state index in [1.165, 1.54) is 78.8 Å². The number of benzene rings is 5. The van der Waals surface area contributed by atoms with Gasteiger partial charge in [-0.05, 0) is 24.7 Å². The van der Waals surface area contributed by atoms with E-state index in [2.05, 4.69) is 120 Å². The molecule has 0 aliphatic carbocycles. The molecule has 0 unspecified atom stereocenters. The van der Waals surface area contributed by atoms with Gasteiger partial charge < -0.3 is 0 Å². The predicted molar refractivity (Wildman–Crippen MR) is 206 cm³/mol. The van der Waals surface area contributed by atoms with Crippen LogP contribution in [0.1, 0.15) is 63.8 Å². The molecule has 2 heteroatoms. The van der Waals surface area contributed by atoms with Crippen molar-refractivity contribution in [1.29, 1.82) is 0 Å². The third-order valence-electron chi connectivity index (χ3n) is 7.82. The van der Waals surface area contributed by atoms with Gasteiger partial charge in [-0.2, -0.15) is 48.5 Å². The second-order valence-electron chi connectivity index (χ2n) is 13.6. The first-order chi connectivity index (χ1) is 22.3. The topological polar surface area (TPSA) is 0 Å². The van der Waals surface area contributed by atoms with E-state index in [1.54, 1.807) is 24.3 Å². The Bertz CT molecular complexity index is 1790. The summed E-state index contributed by atoms with van der Waals surface area (Å²) in [5.41, 5.74) is 6.06. The maximum absolute atomic E-state index is 5.52. The van der Waals surface area contributed by atoms with Gasteiger partial charge in [0, 0.05) is 0 Å². The fourth-order valence-electron chi connectivity index (χ4n) is 5.70. The van der Waals surface area contributed by atoms with Crippen molar-refractivity contribution < 1.29 is 24.2 Å². The van der Waals surface area contributed by atoms with Gasteiger partial charge in [0.15, 0.2) is 0 Å². The zero-order valence-corrected chi connectivity index (χ0v) is 32.4. The van der Waals surface area contributed by atoms with Gasteiger partial charge in [0.1, 0.15) is 0 Å². The van der Waals surface area contributed by atoms with Crippen LogP contribution in [0, 0.1) is 26.0 Å². The predicted octanol–water partition coefficient (Wildman–Crippen LogP) is 13.1. The van der Waals surface area contributed by atoms with Gasteiger partial charge in [-0.25, -0.2) is 12.1 Å². The monoisotopic (exact) mass is 712 g/mol. The van der Waals surface area contributed by atoms with Gasteiger partial charge in [-0.15, -0.1) is 98.5 Å². The summed E-state index contributed by atoms with van der Waals surface area (Å²) in [6.07, 6.45) is 0. The third-order valence-corrected chi connectivity index (χ3v) is 8.07. The average Bonchev–Trinajstić information content (AvgIpc) is 3.73. The molecule has 0 N–H and O–H groups in total. The quantitative estimate of drug-likeness (QED) is 0.137. The molecule has 0 bridgehead atoms. The van der Waals surface area contributed by atoms with Gasteiger partial charge in [-0.1, -0.05) is 93.1 Å². The molecule has 0 aliphatic heterocycles. The molecule has 0 amide bonds. The van der Waals surface area contributed by atoms with E-state index >= 15 is 0 Å². The SMILES string of the molecule is Cc1cc2[cH-]c3cc(C)c(C(C)(C)C)cc3c2cc1C(C)(C)C.Clc1cc[c-]cc1.[CH2]=[Zr].[c-]1cccc2ccccc12.c1cc[cH-]c1. The van der Waals surface area contributed by atoms with Crippen molar-refractivity contribution in [3.63, 3.8) is 0 Å². The minimum Gasteiger partial charge on any atom is -0.214 e. The van der Waals surface area contributed by atoms with Crippen LogP contribution in [0.25, 0.3) is 32.3 Å². The molecule has 0 atom stereocenters. The smallest absolute Gasteiger partial charge is 0.0801 e. The second kappa shape index (κ2) is 17.7. The molecule has 7 aromatic carbocycles. The zero-order chi connectivity index (χ0) is 34.6. The van der Waals surface area contributed by atoms with E-state index in [1.807, 2.05) is 54.6 Å². The summed E-state index contributed by atoms with van der Waals surface area (Å²) in [5, 5.41) is 8.75. The van der Waals surface area contributed by atoms with Crippen LogP contribution < -0.4 is 0 Å². The fourth-order valence-corrected chi connectivity index (χ4v) is 5.83. The van der Waals surface area contributed by atoms with Gasteiger partial charge in [0.2, 0.25) is 0 Å². The molecule has 0 aliphatic rings. The Kier molecular flexibility index (Phi) is 14.3. The largest absolute Gasteiger partial charge is 0.214 e. The summed E-state index contributed by atoms with van der Waals surface area (Å²) in [6, 6.07) is 49.3. The number of halogens is 1. The first kappa shape index (κ1) is 38.1. The summed E-state index contributed by atoms with van der Waals surface area (Å²) in [5.74, 6) is 0. The molecule has 7 aromatic rings. The van der Waals surface area contributed by atoms with Crippen molar-refractivity contribution in [3.05, 3.63) is 167 Å². The van der Waals surface area contributed by atoms with Crippen molar-refractivity contribution in [2.45, 2.75) is 66.2 Å². The maximum Gasteiger partial charge on any atom is -0.0801 e. The van der Waals surface area contributed by atoms with E-state index in [-0.39, 0.29) is 10.8 Å². The Morgan fingerprint density at radius 2 is 1.13 bits per heavy atom. The number of hydrogen-bond donors (Lipinski definition) is 0. The molecule has 0 spiro atoms. The van der Waals surface area contributed by atoms with Crippen LogP contribution in [0.3, 0.4) is 0 Å². The van der Waals surface area contributed by atoms with E-state index in [0.29, 0.717) is 0 Å². The molecule has 0 saturated heterocycles. The molecule has 242 valence electrons. The first-order valence-electron chi connectivity index (χ1n) is 16.0. The number of aryl methyl sites for hydroxylation is 2. The van der Waals surface area contributed by atoms with Gasteiger partial charge in [0.05, 0.1) is 0 Å². The average molecular weight is 715 g/mol. The molecule has 0 heterocycles. The molecule has 7 rings (SSSR count). The molecule has 0 aromatic heterocycles. The van der Waals surface area contributed by atoms with Gasteiger partial charge in [-0.3, -0.25) is 0 Å². The zero-order valence-electron chi connectivity index (χ0n) is 29.2. The van der Waals surface area contributed by atoms with Crippen LogP contribution in [0.15, 0.2) is 127 Å². The van der Waals surface area contributed by atoms with Gasteiger partial charge in [0.25, 0.3) is 0 Å². The molecule has 47 heavy (non-hydrogen) atoms. The third kappa shape index (κ3) is 11.1. The molecular formula is C45H47ClZr-4. The normalized spacial score (nSPS) is 10.8. The van der Waals surface area contributed by atoms with Crippen LogP contribution in [0.5, 0.6) is 0 Å². The Hall–Kier alpha value is -3.38. The summed E-state index contributed by atoms with van der Waals surface area (Å²) < 4.78 is 3.34. The van der Waals surface area contributed by atoms with Crippen LogP contribution >= 0.6 is 11.6 Å². The molecule has 0 saturated carbocycles. The van der Waals surface area contributed by atoms with Gasteiger partial charge >= 0.3 is 28.4 Å². The summed E-state index contributed by atoms with van der Waals surface area (Å²) in [7, 11) is 0. The maximum atomic E-state index is 5.52. The number of rotatable bonds is 0. The fraction of sp³-hybridized carbons (Fsp3) is 0.222. The van der Waals surface area contributed by atoms with Crippen molar-refractivity contribution >= 4 is 48.1 Å². The Balaban J connectivity index is 0.000000203. The summed E-state index contributed by atoms with van der Waals surface area (Å²) >= 11 is 6.82. The van der Waals surface area contributed by atoms with Crippen molar-refractivity contribution in [2.75, 3.05) is 0 Å². The minimum absolute atomic E-state index is 0.180. The first-order valence-corrected chi connectivity index (χ1v) is 18.1. The van der Waals surface area contributed by atoms with E-state index in [0.717, 1.165) is 5.02 Å². The number of hydrogen-bond acceptors (Lipinski definition) is 0. The molecular weight excluding hydrogens is 667 g/mol. The molecule has 0 fully saturated rings. The van der Waals surface area contributed by atoms with Crippen LogP contribution in [-0.2, 0) is 35.1 Å². The summed E-state index contributed by atoms with van der Waals surface area (Å²) in [4.78, 5) is 0. The second-order valence-corrected chi connectivity index (χ2v) is 14.0. The van der Waals surface area contributed by atoms with E-state index in [4.69, 9.17) is 11.6 Å². The van der Waals surface area contributed by atoms with Crippen LogP contribution in [0.2, 0.25) is 5.02 Å². The standard InChI is InChI=1S/C23H29.C10H7.C6H4Cl.C5H5.CH2.Zr/c1-14-9-16-11-17-10-15(2)21(23(6,7)8)13-19(17)18(16)12-20(14)22(3,4)5;1-2-6-10-8-4-3-7-9(10)5-1;7-6-4-2-1-3-5-6;1-2-4-5-3-1;;/h9-13H,1-8H3;1-7H;2-5H;1-5H;1H2;/q4*-1;;. The van der Waals surface area contributed by atoms with Crippen molar-refractivity contribution in [1.82, 2.24) is 0 Å². The van der Waals surface area contributed by atoms with E-state index < -0.39 is 0 Å². The Morgan fingerprint density at radius 3 is 1.53 bits per heavy atom. The summed E-state index contributed by atoms with van der Waals surface area (Å²) in [6.45, 7) is 18.3. The van der Waals surface area contributed by atoms with Crippen molar-refractivity contribution in [2.24, 2.45) is 0 Å². The van der Waals surface area contributed by atoms with E-state index in [9.17, 15) is 0 Å².